The predicted molar refractivity (Wildman–Crippen MR) is 67.6 cm³/mol. The van der Waals surface area contributed by atoms with E-state index in [1.165, 1.54) is 5.57 Å². The summed E-state index contributed by atoms with van der Waals surface area (Å²) in [6.07, 6.45) is 7.87. The summed E-state index contributed by atoms with van der Waals surface area (Å²) in [5.41, 5.74) is 1.24. The van der Waals surface area contributed by atoms with Crippen LogP contribution in [0.5, 0.6) is 0 Å². The Morgan fingerprint density at radius 2 is 1.93 bits per heavy atom. The summed E-state index contributed by atoms with van der Waals surface area (Å²) in [5.74, 6) is 0. The maximum Gasteiger partial charge on any atom is 0.0102 e. The molecule has 0 rings (SSSR count). The van der Waals surface area contributed by atoms with Crippen molar-refractivity contribution in [2.24, 2.45) is 0 Å². The van der Waals surface area contributed by atoms with Crippen LogP contribution in [0.4, 0.5) is 0 Å². The van der Waals surface area contributed by atoms with Crippen molar-refractivity contribution in [3.63, 3.8) is 0 Å². The van der Waals surface area contributed by atoms with Crippen molar-refractivity contribution in [3.8, 4) is 0 Å². The topological polar surface area (TPSA) is 12.0 Å². The molecule has 0 bridgehead atoms. The van der Waals surface area contributed by atoms with Gasteiger partial charge in [0.2, 0.25) is 0 Å². The predicted octanol–water partition coefficient (Wildman–Crippen LogP) is 3.70. The average molecular weight is 195 g/mol. The lowest BCUT2D eigenvalue weighted by atomic mass is 10.0. The highest BCUT2D eigenvalue weighted by atomic mass is 14.9. The van der Waals surface area contributed by atoms with Gasteiger partial charge in [0.25, 0.3) is 0 Å². The van der Waals surface area contributed by atoms with Gasteiger partial charge in [-0.3, -0.25) is 0 Å². The Kier molecular flexibility index (Phi) is 13.6. The second kappa shape index (κ2) is 12.2. The van der Waals surface area contributed by atoms with E-state index in [0.717, 1.165) is 12.8 Å². The molecule has 1 N–H and O–H groups in total. The minimum Gasteiger partial charge on any atom is -0.317 e. The van der Waals surface area contributed by atoms with E-state index in [0.29, 0.717) is 6.04 Å². The van der Waals surface area contributed by atoms with Crippen LogP contribution in [0.15, 0.2) is 37.0 Å². The second-order valence-corrected chi connectivity index (χ2v) is 2.78. The smallest absolute Gasteiger partial charge is 0.0102 e. The first kappa shape index (κ1) is 15.6. The molecule has 0 aromatic carbocycles. The zero-order chi connectivity index (χ0) is 11.4. The molecule has 0 aromatic heterocycles. The molecule has 0 aliphatic rings. The number of hydrogen-bond acceptors (Lipinski definition) is 1. The SMILES string of the molecule is C=C/C=C(\C=C)C[C@@H](CC)NC.CC. The van der Waals surface area contributed by atoms with Crippen LogP contribution in [0, 0.1) is 0 Å². The van der Waals surface area contributed by atoms with Crippen LogP contribution in [-0.4, -0.2) is 13.1 Å². The largest absolute Gasteiger partial charge is 0.317 e. The molecule has 0 saturated carbocycles. The summed E-state index contributed by atoms with van der Waals surface area (Å²) >= 11 is 0. The van der Waals surface area contributed by atoms with Gasteiger partial charge in [0.1, 0.15) is 0 Å². The van der Waals surface area contributed by atoms with E-state index < -0.39 is 0 Å². The van der Waals surface area contributed by atoms with E-state index in [2.05, 4.69) is 25.4 Å². The summed E-state index contributed by atoms with van der Waals surface area (Å²) in [6, 6.07) is 0.550. The van der Waals surface area contributed by atoms with Gasteiger partial charge >= 0.3 is 0 Å². The van der Waals surface area contributed by atoms with Gasteiger partial charge in [0.15, 0.2) is 0 Å². The molecule has 1 nitrogen and oxygen atoms in total. The molecule has 0 saturated heterocycles. The summed E-state index contributed by atoms with van der Waals surface area (Å²) in [7, 11) is 1.99. The van der Waals surface area contributed by atoms with Crippen molar-refractivity contribution in [1.82, 2.24) is 5.32 Å². The standard InChI is InChI=1S/C11H19N.C2H6/c1-5-8-10(6-2)9-11(7-3)12-4;1-2/h5-6,8,11-12H,1-2,7,9H2,3-4H3;1-2H3/b10-8+;/t11-;/m1./s1. The van der Waals surface area contributed by atoms with Crippen LogP contribution in [0.2, 0.25) is 0 Å². The lowest BCUT2D eigenvalue weighted by molar-refractivity contribution is 0.545. The fraction of sp³-hybridized carbons (Fsp3) is 0.538. The van der Waals surface area contributed by atoms with Gasteiger partial charge < -0.3 is 5.32 Å². The van der Waals surface area contributed by atoms with Crippen molar-refractivity contribution in [2.45, 2.75) is 39.7 Å². The molecule has 14 heavy (non-hydrogen) atoms. The molecule has 0 amide bonds. The van der Waals surface area contributed by atoms with Crippen molar-refractivity contribution >= 4 is 0 Å². The number of allylic oxidation sites excluding steroid dienone is 3. The number of rotatable bonds is 6. The van der Waals surface area contributed by atoms with Gasteiger partial charge in [0.05, 0.1) is 0 Å². The maximum atomic E-state index is 3.76. The highest BCUT2D eigenvalue weighted by molar-refractivity contribution is 5.21. The monoisotopic (exact) mass is 195 g/mol. The molecule has 0 aliphatic carbocycles. The molecular formula is C13H25N. The highest BCUT2D eigenvalue weighted by Crippen LogP contribution is 2.08. The van der Waals surface area contributed by atoms with Crippen LogP contribution in [0.25, 0.3) is 0 Å². The summed E-state index contributed by atoms with van der Waals surface area (Å²) in [5, 5.41) is 3.25. The van der Waals surface area contributed by atoms with Crippen molar-refractivity contribution in [3.05, 3.63) is 37.0 Å². The first-order chi connectivity index (χ1) is 6.78. The van der Waals surface area contributed by atoms with Crippen LogP contribution < -0.4 is 5.32 Å². The molecule has 1 atom stereocenters. The molecule has 0 aliphatic heterocycles. The fourth-order valence-corrected chi connectivity index (χ4v) is 1.11. The van der Waals surface area contributed by atoms with Gasteiger partial charge in [-0.25, -0.2) is 0 Å². The van der Waals surface area contributed by atoms with E-state index in [1.54, 1.807) is 6.08 Å². The van der Waals surface area contributed by atoms with Crippen LogP contribution >= 0.6 is 0 Å². The molecule has 0 spiro atoms. The molecule has 82 valence electrons. The second-order valence-electron chi connectivity index (χ2n) is 2.78. The van der Waals surface area contributed by atoms with Gasteiger partial charge in [-0.1, -0.05) is 52.2 Å². The molecule has 1 heteroatoms. The van der Waals surface area contributed by atoms with Crippen molar-refractivity contribution in [1.29, 1.82) is 0 Å². The Morgan fingerprint density at radius 1 is 1.36 bits per heavy atom. The Bertz CT molecular complexity index is 164. The summed E-state index contributed by atoms with van der Waals surface area (Å²) < 4.78 is 0. The third-order valence-electron chi connectivity index (χ3n) is 1.98. The Morgan fingerprint density at radius 3 is 2.21 bits per heavy atom. The Balaban J connectivity index is 0. The normalized spacial score (nSPS) is 12.4. The van der Waals surface area contributed by atoms with Crippen molar-refractivity contribution < 1.29 is 0 Å². The first-order valence-corrected chi connectivity index (χ1v) is 5.39. The molecular weight excluding hydrogens is 170 g/mol. The van der Waals surface area contributed by atoms with Gasteiger partial charge in [-0.15, -0.1) is 0 Å². The fourth-order valence-electron chi connectivity index (χ4n) is 1.11. The third kappa shape index (κ3) is 7.81. The molecule has 0 aromatic rings. The lowest BCUT2D eigenvalue weighted by Crippen LogP contribution is -2.24. The lowest BCUT2D eigenvalue weighted by Gasteiger charge is -2.13. The quantitative estimate of drug-likeness (QED) is 0.637. The number of nitrogens with one attached hydrogen (secondary N) is 1. The third-order valence-corrected chi connectivity index (χ3v) is 1.98. The van der Waals surface area contributed by atoms with E-state index in [-0.39, 0.29) is 0 Å². The summed E-state index contributed by atoms with van der Waals surface area (Å²) in [6.45, 7) is 13.6. The molecule has 0 fully saturated rings. The first-order valence-electron chi connectivity index (χ1n) is 5.39. The van der Waals surface area contributed by atoms with Crippen LogP contribution in [0.1, 0.15) is 33.6 Å². The zero-order valence-corrected chi connectivity index (χ0v) is 10.1. The van der Waals surface area contributed by atoms with E-state index in [4.69, 9.17) is 0 Å². The highest BCUT2D eigenvalue weighted by Gasteiger charge is 2.02. The molecule has 0 unspecified atom stereocenters. The molecule has 0 heterocycles. The summed E-state index contributed by atoms with van der Waals surface area (Å²) in [4.78, 5) is 0. The minimum atomic E-state index is 0.550. The van der Waals surface area contributed by atoms with Crippen molar-refractivity contribution in [2.75, 3.05) is 7.05 Å². The van der Waals surface area contributed by atoms with E-state index in [9.17, 15) is 0 Å². The Hall–Kier alpha value is -0.820. The average Bonchev–Trinajstić information content (AvgIpc) is 2.27. The van der Waals surface area contributed by atoms with Crippen LogP contribution in [-0.2, 0) is 0 Å². The van der Waals surface area contributed by atoms with Crippen LogP contribution in [0.3, 0.4) is 0 Å². The van der Waals surface area contributed by atoms with Gasteiger partial charge in [0, 0.05) is 6.04 Å². The maximum absolute atomic E-state index is 3.76. The molecule has 0 radical (unpaired) electrons. The van der Waals surface area contributed by atoms with E-state index in [1.807, 2.05) is 33.0 Å². The Labute approximate surface area is 89.6 Å². The zero-order valence-electron chi connectivity index (χ0n) is 10.1. The van der Waals surface area contributed by atoms with Gasteiger partial charge in [-0.05, 0) is 25.5 Å². The van der Waals surface area contributed by atoms with Gasteiger partial charge in [-0.2, -0.15) is 0 Å². The number of hydrogen-bond donors (Lipinski definition) is 1. The van der Waals surface area contributed by atoms with E-state index >= 15 is 0 Å². The minimum absolute atomic E-state index is 0.550.